The number of thioether (sulfide) groups is 1. The third-order valence-corrected chi connectivity index (χ3v) is 5.32. The van der Waals surface area contributed by atoms with Gasteiger partial charge < -0.3 is 9.64 Å². The second-order valence-corrected chi connectivity index (χ2v) is 6.82. The fourth-order valence-corrected chi connectivity index (χ4v) is 4.16. The lowest BCUT2D eigenvalue weighted by atomic mass is 9.95. The van der Waals surface area contributed by atoms with E-state index in [9.17, 15) is 4.79 Å². The lowest BCUT2D eigenvalue weighted by Gasteiger charge is -2.31. The van der Waals surface area contributed by atoms with Crippen LogP contribution in [0, 0.1) is 0 Å². The molecule has 0 unspecified atom stereocenters. The molecule has 1 atom stereocenters. The number of amides is 1. The Hall–Kier alpha value is -1.85. The SMILES string of the molecule is O=C(C[C@@H]1OCCc2ccccc21)N1CCSc2ncccc21. The van der Waals surface area contributed by atoms with Crippen molar-refractivity contribution in [2.45, 2.75) is 24.0 Å². The summed E-state index contributed by atoms with van der Waals surface area (Å²) in [7, 11) is 0. The third-order valence-electron chi connectivity index (χ3n) is 4.35. The number of carbonyl (C=O) groups excluding carboxylic acids is 1. The number of aromatic nitrogens is 1. The van der Waals surface area contributed by atoms with Crippen LogP contribution in [-0.2, 0) is 16.0 Å². The summed E-state index contributed by atoms with van der Waals surface area (Å²) < 4.78 is 5.89. The highest BCUT2D eigenvalue weighted by Crippen LogP contribution is 2.35. The number of benzene rings is 1. The molecule has 3 heterocycles. The molecule has 0 saturated heterocycles. The second-order valence-electron chi connectivity index (χ2n) is 5.73. The number of anilines is 1. The molecule has 0 aliphatic carbocycles. The molecular weight excluding hydrogens is 308 g/mol. The Morgan fingerprint density at radius 1 is 1.30 bits per heavy atom. The smallest absolute Gasteiger partial charge is 0.230 e. The van der Waals surface area contributed by atoms with Gasteiger partial charge in [0.05, 0.1) is 24.8 Å². The van der Waals surface area contributed by atoms with Crippen molar-refractivity contribution in [1.82, 2.24) is 4.98 Å². The van der Waals surface area contributed by atoms with Crippen LogP contribution >= 0.6 is 11.8 Å². The fourth-order valence-electron chi connectivity index (χ4n) is 3.23. The number of carbonyl (C=O) groups is 1. The van der Waals surface area contributed by atoms with Gasteiger partial charge in [-0.05, 0) is 29.7 Å². The van der Waals surface area contributed by atoms with E-state index in [1.165, 1.54) is 5.56 Å². The lowest BCUT2D eigenvalue weighted by Crippen LogP contribution is -2.37. The van der Waals surface area contributed by atoms with Crippen LogP contribution in [0.15, 0.2) is 47.6 Å². The molecule has 0 N–H and O–H groups in total. The minimum atomic E-state index is -0.137. The van der Waals surface area contributed by atoms with Crippen LogP contribution in [0.5, 0.6) is 0 Å². The number of pyridine rings is 1. The summed E-state index contributed by atoms with van der Waals surface area (Å²) in [6, 6.07) is 12.1. The van der Waals surface area contributed by atoms with Gasteiger partial charge in [0, 0.05) is 18.5 Å². The summed E-state index contributed by atoms with van der Waals surface area (Å²) in [5.74, 6) is 0.999. The third kappa shape index (κ3) is 2.86. The quantitative estimate of drug-likeness (QED) is 0.850. The Kier molecular flexibility index (Phi) is 4.06. The number of rotatable bonds is 2. The molecule has 0 saturated carbocycles. The van der Waals surface area contributed by atoms with E-state index in [-0.39, 0.29) is 12.0 Å². The topological polar surface area (TPSA) is 42.4 Å². The summed E-state index contributed by atoms with van der Waals surface area (Å²) in [4.78, 5) is 19.1. The first-order valence-corrected chi connectivity index (χ1v) is 8.89. The highest BCUT2D eigenvalue weighted by atomic mass is 32.2. The monoisotopic (exact) mass is 326 g/mol. The normalized spacial score (nSPS) is 19.8. The van der Waals surface area contributed by atoms with Crippen molar-refractivity contribution in [3.63, 3.8) is 0 Å². The molecular formula is C18H18N2O2S. The van der Waals surface area contributed by atoms with Gasteiger partial charge in [0.15, 0.2) is 0 Å². The van der Waals surface area contributed by atoms with E-state index in [4.69, 9.17) is 4.74 Å². The van der Waals surface area contributed by atoms with Crippen molar-refractivity contribution in [3.05, 3.63) is 53.7 Å². The van der Waals surface area contributed by atoms with Crippen LogP contribution in [0.1, 0.15) is 23.7 Å². The zero-order valence-electron chi connectivity index (χ0n) is 12.8. The van der Waals surface area contributed by atoms with E-state index < -0.39 is 0 Å². The van der Waals surface area contributed by atoms with Crippen molar-refractivity contribution in [1.29, 1.82) is 0 Å². The number of nitrogens with zero attached hydrogens (tertiary/aromatic N) is 2. The number of hydrogen-bond acceptors (Lipinski definition) is 4. The van der Waals surface area contributed by atoms with E-state index in [2.05, 4.69) is 17.1 Å². The molecule has 5 heteroatoms. The molecule has 23 heavy (non-hydrogen) atoms. The first-order chi connectivity index (χ1) is 11.3. The van der Waals surface area contributed by atoms with Gasteiger partial charge in [-0.15, -0.1) is 11.8 Å². The zero-order valence-corrected chi connectivity index (χ0v) is 13.6. The molecule has 4 rings (SSSR count). The molecule has 2 aliphatic rings. The maximum atomic E-state index is 12.8. The molecule has 118 valence electrons. The first kappa shape index (κ1) is 14.7. The van der Waals surface area contributed by atoms with Crippen molar-refractivity contribution in [3.8, 4) is 0 Å². The average molecular weight is 326 g/mol. The lowest BCUT2D eigenvalue weighted by molar-refractivity contribution is -0.121. The van der Waals surface area contributed by atoms with E-state index in [1.54, 1.807) is 18.0 Å². The van der Waals surface area contributed by atoms with Gasteiger partial charge in [-0.3, -0.25) is 4.79 Å². The fraction of sp³-hybridized carbons (Fsp3) is 0.333. The van der Waals surface area contributed by atoms with Crippen molar-refractivity contribution in [2.75, 3.05) is 23.8 Å². The molecule has 2 aliphatic heterocycles. The van der Waals surface area contributed by atoms with E-state index >= 15 is 0 Å². The van der Waals surface area contributed by atoms with Gasteiger partial charge in [-0.2, -0.15) is 0 Å². The maximum Gasteiger partial charge on any atom is 0.230 e. The Labute approximate surface area is 139 Å². The van der Waals surface area contributed by atoms with Gasteiger partial charge in [-0.1, -0.05) is 24.3 Å². The van der Waals surface area contributed by atoms with Crippen LogP contribution in [0.25, 0.3) is 0 Å². The summed E-state index contributed by atoms with van der Waals surface area (Å²) in [6.45, 7) is 1.42. The van der Waals surface area contributed by atoms with Gasteiger partial charge in [0.1, 0.15) is 5.03 Å². The minimum absolute atomic E-state index is 0.112. The zero-order chi connectivity index (χ0) is 15.6. The number of fused-ring (bicyclic) bond motifs is 2. The van der Waals surface area contributed by atoms with Crippen molar-refractivity contribution >= 4 is 23.4 Å². The van der Waals surface area contributed by atoms with Gasteiger partial charge >= 0.3 is 0 Å². The molecule has 0 spiro atoms. The first-order valence-electron chi connectivity index (χ1n) is 7.90. The van der Waals surface area contributed by atoms with Crippen LogP contribution in [-0.4, -0.2) is 29.8 Å². The van der Waals surface area contributed by atoms with Crippen LogP contribution in [0.3, 0.4) is 0 Å². The molecule has 2 aromatic rings. The molecule has 4 nitrogen and oxygen atoms in total. The van der Waals surface area contributed by atoms with Crippen LogP contribution in [0.2, 0.25) is 0 Å². The number of hydrogen-bond donors (Lipinski definition) is 0. The maximum absolute atomic E-state index is 12.8. The summed E-state index contributed by atoms with van der Waals surface area (Å²) in [6.07, 6.45) is 2.95. The van der Waals surface area contributed by atoms with E-state index in [1.807, 2.05) is 29.2 Å². The number of ether oxygens (including phenoxy) is 1. The molecule has 0 radical (unpaired) electrons. The van der Waals surface area contributed by atoms with Crippen LogP contribution < -0.4 is 4.90 Å². The highest BCUT2D eigenvalue weighted by molar-refractivity contribution is 7.99. The Morgan fingerprint density at radius 2 is 2.22 bits per heavy atom. The molecule has 1 aromatic heterocycles. The predicted molar refractivity (Wildman–Crippen MR) is 90.8 cm³/mol. The van der Waals surface area contributed by atoms with E-state index in [0.717, 1.165) is 35.0 Å². The standard InChI is InChI=1S/C18H18N2O2S/c21-17(20-9-11-23-18-15(20)6-3-8-19-18)12-16-14-5-2-1-4-13(14)7-10-22-16/h1-6,8,16H,7,9-12H2/t16-/m0/s1. The van der Waals surface area contributed by atoms with Crippen LogP contribution in [0.4, 0.5) is 5.69 Å². The largest absolute Gasteiger partial charge is 0.373 e. The second kappa shape index (κ2) is 6.34. The molecule has 0 fully saturated rings. The molecule has 1 amide bonds. The van der Waals surface area contributed by atoms with Crippen molar-refractivity contribution < 1.29 is 9.53 Å². The van der Waals surface area contributed by atoms with Crippen molar-refractivity contribution in [2.24, 2.45) is 0 Å². The Bertz CT molecular complexity index is 734. The average Bonchev–Trinajstić information content (AvgIpc) is 2.61. The van der Waals surface area contributed by atoms with Gasteiger partial charge in [0.25, 0.3) is 0 Å². The highest BCUT2D eigenvalue weighted by Gasteiger charge is 2.28. The Morgan fingerprint density at radius 3 is 3.17 bits per heavy atom. The summed E-state index contributed by atoms with van der Waals surface area (Å²) in [5, 5.41) is 0.942. The molecule has 1 aromatic carbocycles. The van der Waals surface area contributed by atoms with Gasteiger partial charge in [0.2, 0.25) is 5.91 Å². The van der Waals surface area contributed by atoms with Gasteiger partial charge in [-0.25, -0.2) is 4.98 Å². The summed E-state index contributed by atoms with van der Waals surface area (Å²) in [5.41, 5.74) is 3.38. The minimum Gasteiger partial charge on any atom is -0.373 e. The van der Waals surface area contributed by atoms with E-state index in [0.29, 0.717) is 13.0 Å². The molecule has 0 bridgehead atoms. The summed E-state index contributed by atoms with van der Waals surface area (Å²) >= 11 is 1.71. The Balaban J connectivity index is 1.56. The predicted octanol–water partition coefficient (Wildman–Crippen LogP) is 3.22.